The standard InChI is InChI=1S/C19H22N2O2.ClH/c22-18(23)19(20-17-9-5-2-6-10-17)11-13-21(14-12-19)15-16-7-3-1-4-8-16;/h1-10,20H,11-15H2,(H,22,23);1H. The Bertz CT molecular complexity index is 641. The molecule has 5 heteroatoms. The van der Waals surface area contributed by atoms with Gasteiger partial charge in [0, 0.05) is 25.3 Å². The lowest BCUT2D eigenvalue weighted by atomic mass is 9.87. The molecule has 0 aliphatic carbocycles. The molecule has 24 heavy (non-hydrogen) atoms. The minimum Gasteiger partial charge on any atom is -0.480 e. The van der Waals surface area contributed by atoms with Crippen molar-refractivity contribution in [3.05, 3.63) is 66.2 Å². The molecule has 0 aromatic heterocycles. The lowest BCUT2D eigenvalue weighted by molar-refractivity contribution is -0.144. The van der Waals surface area contributed by atoms with Crippen molar-refractivity contribution >= 4 is 24.1 Å². The fraction of sp³-hybridized carbons (Fsp3) is 0.316. The van der Waals surface area contributed by atoms with Crippen LogP contribution in [0.4, 0.5) is 5.69 Å². The zero-order chi connectivity index (χ0) is 16.1. The highest BCUT2D eigenvalue weighted by Crippen LogP contribution is 2.28. The third-order valence-electron chi connectivity index (χ3n) is 4.53. The topological polar surface area (TPSA) is 52.6 Å². The van der Waals surface area contributed by atoms with E-state index in [1.165, 1.54) is 5.56 Å². The van der Waals surface area contributed by atoms with Gasteiger partial charge in [0.05, 0.1) is 0 Å². The first kappa shape index (κ1) is 18.3. The number of hydrogen-bond donors (Lipinski definition) is 2. The van der Waals surface area contributed by atoms with E-state index < -0.39 is 11.5 Å². The number of halogens is 1. The molecule has 2 aromatic rings. The smallest absolute Gasteiger partial charge is 0.329 e. The molecule has 2 aromatic carbocycles. The van der Waals surface area contributed by atoms with Crippen molar-refractivity contribution in [3.63, 3.8) is 0 Å². The first-order chi connectivity index (χ1) is 11.2. The summed E-state index contributed by atoms with van der Waals surface area (Å²) in [5.74, 6) is -0.763. The third kappa shape index (κ3) is 4.28. The van der Waals surface area contributed by atoms with Crippen molar-refractivity contribution < 1.29 is 9.90 Å². The summed E-state index contributed by atoms with van der Waals surface area (Å²) in [6, 6.07) is 19.9. The molecule has 0 saturated carbocycles. The Morgan fingerprint density at radius 3 is 2.08 bits per heavy atom. The predicted molar refractivity (Wildman–Crippen MR) is 98.6 cm³/mol. The molecule has 1 aliphatic heterocycles. The summed E-state index contributed by atoms with van der Waals surface area (Å²) in [5, 5.41) is 13.0. The lowest BCUT2D eigenvalue weighted by Gasteiger charge is -2.40. The molecule has 0 spiro atoms. The highest BCUT2D eigenvalue weighted by Gasteiger charge is 2.41. The molecule has 4 nitrogen and oxygen atoms in total. The third-order valence-corrected chi connectivity index (χ3v) is 4.53. The van der Waals surface area contributed by atoms with E-state index in [1.807, 2.05) is 48.5 Å². The number of likely N-dealkylation sites (tertiary alicyclic amines) is 1. The Morgan fingerprint density at radius 2 is 1.54 bits per heavy atom. The van der Waals surface area contributed by atoms with Gasteiger partial charge in [0.1, 0.15) is 5.54 Å². The van der Waals surface area contributed by atoms with E-state index in [0.29, 0.717) is 12.8 Å². The first-order valence-corrected chi connectivity index (χ1v) is 8.01. The molecule has 2 N–H and O–H groups in total. The first-order valence-electron chi connectivity index (χ1n) is 8.01. The van der Waals surface area contributed by atoms with Crippen LogP contribution in [0, 0.1) is 0 Å². The number of piperidine rings is 1. The van der Waals surface area contributed by atoms with Crippen LogP contribution in [0.25, 0.3) is 0 Å². The van der Waals surface area contributed by atoms with Gasteiger partial charge in [-0.25, -0.2) is 4.79 Å². The summed E-state index contributed by atoms with van der Waals surface area (Å²) >= 11 is 0. The van der Waals surface area contributed by atoms with Gasteiger partial charge in [-0.3, -0.25) is 4.90 Å². The summed E-state index contributed by atoms with van der Waals surface area (Å²) in [7, 11) is 0. The predicted octanol–water partition coefficient (Wildman–Crippen LogP) is 3.64. The largest absolute Gasteiger partial charge is 0.480 e. The number of rotatable bonds is 5. The number of carboxylic acids is 1. The van der Waals surface area contributed by atoms with Crippen molar-refractivity contribution in [1.29, 1.82) is 0 Å². The molecule has 128 valence electrons. The summed E-state index contributed by atoms with van der Waals surface area (Å²) in [4.78, 5) is 14.2. The van der Waals surface area contributed by atoms with Gasteiger partial charge < -0.3 is 10.4 Å². The molecule has 0 unspecified atom stereocenters. The van der Waals surface area contributed by atoms with Crippen molar-refractivity contribution in [2.75, 3.05) is 18.4 Å². The SMILES string of the molecule is Cl.O=C(O)C1(Nc2ccccc2)CCN(Cc2ccccc2)CC1. The maximum absolute atomic E-state index is 11.9. The number of nitrogens with zero attached hydrogens (tertiary/aromatic N) is 1. The molecular weight excluding hydrogens is 324 g/mol. The highest BCUT2D eigenvalue weighted by atomic mass is 35.5. The van der Waals surface area contributed by atoms with Gasteiger partial charge in [0.25, 0.3) is 0 Å². The zero-order valence-electron chi connectivity index (χ0n) is 13.5. The van der Waals surface area contributed by atoms with E-state index in [1.54, 1.807) is 0 Å². The van der Waals surface area contributed by atoms with E-state index in [0.717, 1.165) is 25.3 Å². The van der Waals surface area contributed by atoms with Crippen LogP contribution in [0.3, 0.4) is 0 Å². The van der Waals surface area contributed by atoms with Crippen LogP contribution in [0.15, 0.2) is 60.7 Å². The second-order valence-corrected chi connectivity index (χ2v) is 6.14. The number of carboxylic acid groups (broad SMARTS) is 1. The highest BCUT2D eigenvalue weighted by molar-refractivity contribution is 5.85. The maximum atomic E-state index is 11.9. The summed E-state index contributed by atoms with van der Waals surface area (Å²) in [6.07, 6.45) is 1.20. The Kier molecular flexibility index (Phi) is 6.23. The van der Waals surface area contributed by atoms with Crippen LogP contribution in [0.5, 0.6) is 0 Å². The number of hydrogen-bond acceptors (Lipinski definition) is 3. The van der Waals surface area contributed by atoms with Crippen molar-refractivity contribution in [2.24, 2.45) is 0 Å². The average molecular weight is 347 g/mol. The van der Waals surface area contributed by atoms with Gasteiger partial charge in [-0.2, -0.15) is 0 Å². The van der Waals surface area contributed by atoms with Gasteiger partial charge in [-0.15, -0.1) is 12.4 Å². The molecule has 3 rings (SSSR count). The summed E-state index contributed by atoms with van der Waals surface area (Å²) in [6.45, 7) is 2.43. The number of anilines is 1. The summed E-state index contributed by atoms with van der Waals surface area (Å²) < 4.78 is 0. The van der Waals surface area contributed by atoms with Gasteiger partial charge in [0.2, 0.25) is 0 Å². The number of aliphatic carboxylic acids is 1. The van der Waals surface area contributed by atoms with Crippen molar-refractivity contribution in [1.82, 2.24) is 4.90 Å². The van der Waals surface area contributed by atoms with Crippen LogP contribution in [0.1, 0.15) is 18.4 Å². The number of nitrogens with one attached hydrogen (secondary N) is 1. The quantitative estimate of drug-likeness (QED) is 0.867. The Hall–Kier alpha value is -2.04. The Balaban J connectivity index is 0.00000208. The lowest BCUT2D eigenvalue weighted by Crippen LogP contribution is -2.54. The van der Waals surface area contributed by atoms with E-state index in [4.69, 9.17) is 0 Å². The average Bonchev–Trinajstić information content (AvgIpc) is 2.58. The fourth-order valence-electron chi connectivity index (χ4n) is 3.12. The van der Waals surface area contributed by atoms with E-state index in [2.05, 4.69) is 22.3 Å². The van der Waals surface area contributed by atoms with Gasteiger partial charge in [-0.05, 0) is 30.5 Å². The minimum atomic E-state index is -0.867. The van der Waals surface area contributed by atoms with Crippen LogP contribution >= 0.6 is 12.4 Å². The molecule has 1 heterocycles. The maximum Gasteiger partial charge on any atom is 0.329 e. The molecule has 0 bridgehead atoms. The van der Waals surface area contributed by atoms with E-state index in [-0.39, 0.29) is 12.4 Å². The normalized spacial score (nSPS) is 16.8. The second-order valence-electron chi connectivity index (χ2n) is 6.14. The van der Waals surface area contributed by atoms with Crippen molar-refractivity contribution in [2.45, 2.75) is 24.9 Å². The summed E-state index contributed by atoms with van der Waals surface area (Å²) in [5.41, 5.74) is 1.27. The van der Waals surface area contributed by atoms with E-state index in [9.17, 15) is 9.90 Å². The van der Waals surface area contributed by atoms with Crippen LogP contribution in [-0.4, -0.2) is 34.6 Å². The molecule has 0 amide bonds. The molecule has 1 saturated heterocycles. The molecule has 1 fully saturated rings. The number of para-hydroxylation sites is 1. The molecule has 0 radical (unpaired) electrons. The van der Waals surface area contributed by atoms with Crippen LogP contribution in [0.2, 0.25) is 0 Å². The molecule has 0 atom stereocenters. The van der Waals surface area contributed by atoms with Crippen molar-refractivity contribution in [3.8, 4) is 0 Å². The second kappa shape index (κ2) is 8.18. The number of carbonyl (C=O) groups is 1. The molecule has 1 aliphatic rings. The Labute approximate surface area is 148 Å². The fourth-order valence-corrected chi connectivity index (χ4v) is 3.12. The van der Waals surface area contributed by atoms with Gasteiger partial charge in [-0.1, -0.05) is 48.5 Å². The molecular formula is C19H23ClN2O2. The zero-order valence-corrected chi connectivity index (χ0v) is 14.3. The van der Waals surface area contributed by atoms with Crippen LogP contribution < -0.4 is 5.32 Å². The monoisotopic (exact) mass is 346 g/mol. The van der Waals surface area contributed by atoms with Gasteiger partial charge in [0.15, 0.2) is 0 Å². The van der Waals surface area contributed by atoms with Crippen LogP contribution in [-0.2, 0) is 11.3 Å². The van der Waals surface area contributed by atoms with E-state index >= 15 is 0 Å². The number of benzene rings is 2. The van der Waals surface area contributed by atoms with Gasteiger partial charge >= 0.3 is 5.97 Å². The Morgan fingerprint density at radius 1 is 1.00 bits per heavy atom. The minimum absolute atomic E-state index is 0.